The molecule has 20 heavy (non-hydrogen) atoms. The average molecular weight is 401 g/mol. The lowest BCUT2D eigenvalue weighted by molar-refractivity contribution is 0.0600. The van der Waals surface area contributed by atoms with Crippen LogP contribution in [0.5, 0.6) is 11.5 Å². The van der Waals surface area contributed by atoms with Gasteiger partial charge in [-0.3, -0.25) is 0 Å². The third kappa shape index (κ3) is 3.32. The van der Waals surface area contributed by atoms with E-state index >= 15 is 0 Å². The predicted molar refractivity (Wildman–Crippen MR) is 84.1 cm³/mol. The van der Waals surface area contributed by atoms with Crippen molar-refractivity contribution >= 4 is 43.5 Å². The molecule has 0 heterocycles. The molecule has 2 aromatic carbocycles. The van der Waals surface area contributed by atoms with E-state index in [1.807, 2.05) is 0 Å². The van der Waals surface area contributed by atoms with Crippen LogP contribution in [0.15, 0.2) is 45.3 Å². The van der Waals surface area contributed by atoms with Crippen molar-refractivity contribution in [3.8, 4) is 11.5 Å². The van der Waals surface area contributed by atoms with Crippen LogP contribution < -0.4 is 10.5 Å². The smallest absolute Gasteiger partial charge is 0.337 e. The van der Waals surface area contributed by atoms with Gasteiger partial charge in [-0.2, -0.15) is 0 Å². The molecule has 0 radical (unpaired) electrons. The number of nitrogens with two attached hydrogens (primary N) is 1. The van der Waals surface area contributed by atoms with Gasteiger partial charge in [0.1, 0.15) is 5.75 Å². The van der Waals surface area contributed by atoms with Gasteiger partial charge in [0.15, 0.2) is 5.75 Å². The van der Waals surface area contributed by atoms with Crippen molar-refractivity contribution in [1.29, 1.82) is 0 Å². The molecular formula is C14H11Br2NO3. The summed E-state index contributed by atoms with van der Waals surface area (Å²) in [6, 6.07) is 10.3. The maximum atomic E-state index is 11.5. The van der Waals surface area contributed by atoms with Crippen LogP contribution in [0, 0.1) is 0 Å². The maximum absolute atomic E-state index is 11.5. The van der Waals surface area contributed by atoms with E-state index in [1.54, 1.807) is 36.4 Å². The van der Waals surface area contributed by atoms with Crippen molar-refractivity contribution in [2.75, 3.05) is 12.8 Å². The van der Waals surface area contributed by atoms with Crippen LogP contribution in [0.2, 0.25) is 0 Å². The molecule has 0 aromatic heterocycles. The van der Waals surface area contributed by atoms with Gasteiger partial charge in [-0.25, -0.2) is 4.79 Å². The molecule has 0 amide bonds. The lowest BCUT2D eigenvalue weighted by atomic mass is 10.2. The second kappa shape index (κ2) is 6.28. The van der Waals surface area contributed by atoms with Crippen LogP contribution in [0.4, 0.5) is 5.69 Å². The molecule has 0 aliphatic carbocycles. The Balaban J connectivity index is 2.33. The second-order valence-electron chi connectivity index (χ2n) is 3.93. The fourth-order valence-electron chi connectivity index (χ4n) is 1.55. The molecule has 0 bridgehead atoms. The van der Waals surface area contributed by atoms with Gasteiger partial charge in [-0.1, -0.05) is 0 Å². The predicted octanol–water partition coefficient (Wildman–Crippen LogP) is 4.37. The number of carbonyl (C=O) groups excluding carboxylic acids is 1. The number of hydrogen-bond acceptors (Lipinski definition) is 4. The number of carbonyl (C=O) groups is 1. The minimum Gasteiger partial charge on any atom is -0.465 e. The molecule has 2 rings (SSSR count). The quantitative estimate of drug-likeness (QED) is 0.613. The Morgan fingerprint density at radius 1 is 1.10 bits per heavy atom. The summed E-state index contributed by atoms with van der Waals surface area (Å²) < 4.78 is 11.7. The van der Waals surface area contributed by atoms with Crippen molar-refractivity contribution in [3.63, 3.8) is 0 Å². The van der Waals surface area contributed by atoms with E-state index in [2.05, 4.69) is 36.6 Å². The van der Waals surface area contributed by atoms with Crippen LogP contribution in [0.3, 0.4) is 0 Å². The van der Waals surface area contributed by atoms with Gasteiger partial charge in [-0.15, -0.1) is 0 Å². The zero-order chi connectivity index (χ0) is 14.7. The number of ether oxygens (including phenoxy) is 2. The SMILES string of the molecule is COC(=O)c1cc(Br)c(Oc2ccc(N)cc2)c(Br)c1. The highest BCUT2D eigenvalue weighted by molar-refractivity contribution is 9.11. The summed E-state index contributed by atoms with van der Waals surface area (Å²) in [5, 5.41) is 0. The molecule has 6 heteroatoms. The Morgan fingerprint density at radius 3 is 2.15 bits per heavy atom. The minimum atomic E-state index is -0.412. The van der Waals surface area contributed by atoms with Crippen molar-refractivity contribution in [2.45, 2.75) is 0 Å². The lowest BCUT2D eigenvalue weighted by Crippen LogP contribution is -2.01. The molecule has 0 fully saturated rings. The van der Waals surface area contributed by atoms with Gasteiger partial charge in [-0.05, 0) is 68.3 Å². The largest absolute Gasteiger partial charge is 0.465 e. The fourth-order valence-corrected chi connectivity index (χ4v) is 2.90. The Labute approximate surface area is 133 Å². The van der Waals surface area contributed by atoms with E-state index in [4.69, 9.17) is 10.5 Å². The average Bonchev–Trinajstić information content (AvgIpc) is 2.43. The summed E-state index contributed by atoms with van der Waals surface area (Å²) in [6.07, 6.45) is 0. The van der Waals surface area contributed by atoms with Gasteiger partial charge in [0, 0.05) is 5.69 Å². The molecule has 0 spiro atoms. The Bertz CT molecular complexity index is 618. The highest BCUT2D eigenvalue weighted by atomic mass is 79.9. The number of anilines is 1. The first-order chi connectivity index (χ1) is 9.51. The van der Waals surface area contributed by atoms with Crippen LogP contribution in [-0.2, 0) is 4.74 Å². The molecule has 2 aromatic rings. The Morgan fingerprint density at radius 2 is 1.65 bits per heavy atom. The number of rotatable bonds is 3. The third-order valence-corrected chi connectivity index (χ3v) is 3.70. The molecular weight excluding hydrogens is 390 g/mol. The van der Waals surface area contributed by atoms with Crippen molar-refractivity contribution in [2.24, 2.45) is 0 Å². The highest BCUT2D eigenvalue weighted by Gasteiger charge is 2.14. The van der Waals surface area contributed by atoms with Crippen LogP contribution in [-0.4, -0.2) is 13.1 Å². The van der Waals surface area contributed by atoms with Crippen LogP contribution in [0.25, 0.3) is 0 Å². The summed E-state index contributed by atoms with van der Waals surface area (Å²) in [7, 11) is 1.34. The Hall–Kier alpha value is -1.53. The highest BCUT2D eigenvalue weighted by Crippen LogP contribution is 2.38. The maximum Gasteiger partial charge on any atom is 0.337 e. The number of benzene rings is 2. The van der Waals surface area contributed by atoms with Crippen molar-refractivity contribution in [1.82, 2.24) is 0 Å². The second-order valence-corrected chi connectivity index (χ2v) is 5.64. The minimum absolute atomic E-state index is 0.412. The summed E-state index contributed by atoms with van der Waals surface area (Å²) in [4.78, 5) is 11.5. The number of halogens is 2. The van der Waals surface area contributed by atoms with E-state index in [-0.39, 0.29) is 0 Å². The molecule has 0 unspecified atom stereocenters. The van der Waals surface area contributed by atoms with E-state index in [9.17, 15) is 4.79 Å². The zero-order valence-electron chi connectivity index (χ0n) is 10.5. The molecule has 104 valence electrons. The summed E-state index contributed by atoms with van der Waals surface area (Å²) in [5.74, 6) is 0.805. The monoisotopic (exact) mass is 399 g/mol. The standard InChI is InChI=1S/C14H11Br2NO3/c1-19-14(18)8-6-11(15)13(12(16)7-8)20-10-4-2-9(17)3-5-10/h2-7H,17H2,1H3. The van der Waals surface area contributed by atoms with Gasteiger partial charge in [0.05, 0.1) is 21.6 Å². The number of esters is 1. The van der Waals surface area contributed by atoms with Gasteiger partial charge in [0.2, 0.25) is 0 Å². The van der Waals surface area contributed by atoms with E-state index < -0.39 is 5.97 Å². The lowest BCUT2D eigenvalue weighted by Gasteiger charge is -2.11. The third-order valence-electron chi connectivity index (χ3n) is 2.52. The van der Waals surface area contributed by atoms with E-state index in [1.165, 1.54) is 7.11 Å². The van der Waals surface area contributed by atoms with Gasteiger partial charge >= 0.3 is 5.97 Å². The van der Waals surface area contributed by atoms with Gasteiger partial charge in [0.25, 0.3) is 0 Å². The number of nitrogen functional groups attached to an aromatic ring is 1. The number of hydrogen-bond donors (Lipinski definition) is 1. The topological polar surface area (TPSA) is 61.5 Å². The summed E-state index contributed by atoms with van der Waals surface area (Å²) in [6.45, 7) is 0. The summed E-state index contributed by atoms with van der Waals surface area (Å²) in [5.41, 5.74) is 6.71. The van der Waals surface area contributed by atoms with Crippen molar-refractivity contribution < 1.29 is 14.3 Å². The first kappa shape index (κ1) is 14.9. The molecule has 0 atom stereocenters. The van der Waals surface area contributed by atoms with Gasteiger partial charge < -0.3 is 15.2 Å². The molecule has 4 nitrogen and oxygen atoms in total. The van der Waals surface area contributed by atoms with E-state index in [0.717, 1.165) is 0 Å². The number of methoxy groups -OCH3 is 1. The first-order valence-electron chi connectivity index (χ1n) is 5.62. The normalized spacial score (nSPS) is 10.2. The molecule has 0 saturated carbocycles. The van der Waals surface area contributed by atoms with Crippen LogP contribution >= 0.6 is 31.9 Å². The van der Waals surface area contributed by atoms with Crippen molar-refractivity contribution in [3.05, 3.63) is 50.9 Å². The zero-order valence-corrected chi connectivity index (χ0v) is 13.7. The molecule has 0 saturated heterocycles. The molecule has 0 aliphatic rings. The van der Waals surface area contributed by atoms with Crippen LogP contribution in [0.1, 0.15) is 10.4 Å². The molecule has 0 aliphatic heterocycles. The summed E-state index contributed by atoms with van der Waals surface area (Å²) >= 11 is 6.76. The Kier molecular flexibility index (Phi) is 4.67. The fraction of sp³-hybridized carbons (Fsp3) is 0.0714. The molecule has 2 N–H and O–H groups in total. The first-order valence-corrected chi connectivity index (χ1v) is 7.20. The van der Waals surface area contributed by atoms with E-state index in [0.29, 0.717) is 31.7 Å².